The normalized spacial score (nSPS) is 13.5. The number of hydrogen-bond acceptors (Lipinski definition) is 4. The maximum Gasteiger partial charge on any atom is 0.241 e. The van der Waals surface area contributed by atoms with Crippen molar-refractivity contribution in [1.29, 1.82) is 0 Å². The summed E-state index contributed by atoms with van der Waals surface area (Å²) < 4.78 is 33.0. The summed E-state index contributed by atoms with van der Waals surface area (Å²) in [4.78, 5) is 0.0724. The first-order valence-corrected chi connectivity index (χ1v) is 9.07. The third kappa shape index (κ3) is 4.35. The third-order valence-corrected chi connectivity index (χ3v) is 5.21. The fourth-order valence-electron chi connectivity index (χ4n) is 2.37. The van der Waals surface area contributed by atoms with E-state index in [9.17, 15) is 13.5 Å². The van der Waals surface area contributed by atoms with E-state index in [4.69, 9.17) is 4.74 Å². The molecule has 0 spiro atoms. The Morgan fingerprint density at radius 3 is 2.17 bits per heavy atom. The first-order chi connectivity index (χ1) is 11.1. The molecule has 0 amide bonds. The average Bonchev–Trinajstić information content (AvgIpc) is 2.52. The van der Waals surface area contributed by atoms with Crippen LogP contribution >= 0.6 is 0 Å². The van der Waals surface area contributed by atoms with Gasteiger partial charge < -0.3 is 9.84 Å². The molecule has 2 aromatic rings. The molecule has 1 unspecified atom stereocenters. The van der Waals surface area contributed by atoms with Crippen molar-refractivity contribution in [2.45, 2.75) is 37.3 Å². The minimum absolute atomic E-state index is 0.0724. The summed E-state index contributed by atoms with van der Waals surface area (Å²) >= 11 is 0. The molecule has 1 atom stereocenters. The van der Waals surface area contributed by atoms with Gasteiger partial charge in [0, 0.05) is 11.1 Å². The first kappa shape index (κ1) is 18.4. The first-order valence-electron chi connectivity index (χ1n) is 7.59. The molecule has 2 aromatic carbocycles. The van der Waals surface area contributed by atoms with E-state index in [0.717, 1.165) is 0 Å². The fraction of sp³-hybridized carbons (Fsp3) is 0.333. The fourth-order valence-corrected chi connectivity index (χ4v) is 4.04. The second-order valence-corrected chi connectivity index (χ2v) is 8.22. The van der Waals surface area contributed by atoms with Crippen LogP contribution in [0.3, 0.4) is 0 Å². The number of nitrogens with one attached hydrogen (secondary N) is 1. The Hall–Kier alpha value is -1.89. The molecule has 24 heavy (non-hydrogen) atoms. The molecule has 130 valence electrons. The Morgan fingerprint density at radius 2 is 1.62 bits per heavy atom. The predicted molar refractivity (Wildman–Crippen MR) is 93.6 cm³/mol. The lowest BCUT2D eigenvalue weighted by Gasteiger charge is -2.23. The van der Waals surface area contributed by atoms with Gasteiger partial charge in [-0.05, 0) is 44.5 Å². The molecular formula is C18H23NO4S. The summed E-state index contributed by atoms with van der Waals surface area (Å²) in [7, 11) is -2.19. The number of sulfonamides is 1. The Kier molecular flexibility index (Phi) is 5.32. The van der Waals surface area contributed by atoms with Crippen LogP contribution in [-0.2, 0) is 10.0 Å². The molecule has 0 aliphatic carbocycles. The van der Waals surface area contributed by atoms with Crippen LogP contribution in [0.15, 0.2) is 53.4 Å². The predicted octanol–water partition coefficient (Wildman–Crippen LogP) is 2.85. The van der Waals surface area contributed by atoms with Crippen molar-refractivity contribution in [3.63, 3.8) is 0 Å². The number of aliphatic hydroxyl groups excluding tert-OH is 1. The lowest BCUT2D eigenvalue weighted by Crippen LogP contribution is -2.40. The quantitative estimate of drug-likeness (QED) is 0.870. The van der Waals surface area contributed by atoms with Crippen LogP contribution < -0.4 is 9.46 Å². The highest BCUT2D eigenvalue weighted by molar-refractivity contribution is 7.89. The maximum absolute atomic E-state index is 12.7. The Balaban J connectivity index is 2.44. The number of aliphatic hydroxyl groups is 1. The van der Waals surface area contributed by atoms with E-state index >= 15 is 0 Å². The highest BCUT2D eigenvalue weighted by atomic mass is 32.2. The highest BCUT2D eigenvalue weighted by Crippen LogP contribution is 2.29. The van der Waals surface area contributed by atoms with E-state index < -0.39 is 21.7 Å². The number of methoxy groups -OCH3 is 1. The van der Waals surface area contributed by atoms with Crippen LogP contribution in [0.25, 0.3) is 0 Å². The van der Waals surface area contributed by atoms with Crippen LogP contribution in [0.2, 0.25) is 0 Å². The second kappa shape index (κ2) is 6.93. The summed E-state index contributed by atoms with van der Waals surface area (Å²) in [5.74, 6) is 0.668. The molecule has 6 heteroatoms. The SMILES string of the molecule is COc1ccc(C(O)c2ccccc2S(=O)(=O)NC(C)(C)C)cc1. The van der Waals surface area contributed by atoms with Gasteiger partial charge in [-0.15, -0.1) is 0 Å². The number of ether oxygens (including phenoxy) is 1. The van der Waals surface area contributed by atoms with Gasteiger partial charge in [-0.2, -0.15) is 0 Å². The van der Waals surface area contributed by atoms with Gasteiger partial charge >= 0.3 is 0 Å². The average molecular weight is 349 g/mol. The smallest absolute Gasteiger partial charge is 0.241 e. The highest BCUT2D eigenvalue weighted by Gasteiger charge is 2.27. The van der Waals surface area contributed by atoms with Gasteiger partial charge in [0.1, 0.15) is 11.9 Å². The number of rotatable bonds is 5. The zero-order valence-corrected chi connectivity index (χ0v) is 15.1. The van der Waals surface area contributed by atoms with Gasteiger partial charge in [-0.3, -0.25) is 0 Å². The molecule has 0 heterocycles. The van der Waals surface area contributed by atoms with E-state index in [1.165, 1.54) is 6.07 Å². The minimum Gasteiger partial charge on any atom is -0.497 e. The van der Waals surface area contributed by atoms with E-state index in [1.807, 2.05) is 0 Å². The molecule has 2 N–H and O–H groups in total. The van der Waals surface area contributed by atoms with E-state index in [-0.39, 0.29) is 4.90 Å². The van der Waals surface area contributed by atoms with Gasteiger partial charge in [0.2, 0.25) is 10.0 Å². The van der Waals surface area contributed by atoms with E-state index in [1.54, 1.807) is 70.3 Å². The van der Waals surface area contributed by atoms with Gasteiger partial charge in [-0.25, -0.2) is 13.1 Å². The topological polar surface area (TPSA) is 75.6 Å². The van der Waals surface area contributed by atoms with Gasteiger partial charge in [0.15, 0.2) is 0 Å². The molecule has 0 fully saturated rings. The standard InChI is InChI=1S/C18H23NO4S/c1-18(2,3)19-24(21,22)16-8-6-5-7-15(16)17(20)13-9-11-14(23-4)12-10-13/h5-12,17,19-20H,1-4H3. The summed E-state index contributed by atoms with van der Waals surface area (Å²) in [5.41, 5.74) is 0.311. The molecule has 0 aliphatic heterocycles. The molecule has 2 rings (SSSR count). The van der Waals surface area contributed by atoms with Crippen LogP contribution in [0.5, 0.6) is 5.75 Å². The van der Waals surface area contributed by atoms with Crippen molar-refractivity contribution in [2.24, 2.45) is 0 Å². The molecule has 0 saturated heterocycles. The molecular weight excluding hydrogens is 326 g/mol. The van der Waals surface area contributed by atoms with Crippen molar-refractivity contribution in [1.82, 2.24) is 4.72 Å². The van der Waals surface area contributed by atoms with Crippen LogP contribution in [-0.4, -0.2) is 26.2 Å². The zero-order valence-electron chi connectivity index (χ0n) is 14.3. The van der Waals surface area contributed by atoms with Crippen LogP contribution in [0.4, 0.5) is 0 Å². The van der Waals surface area contributed by atoms with Crippen molar-refractivity contribution in [3.8, 4) is 5.75 Å². The van der Waals surface area contributed by atoms with Crippen molar-refractivity contribution < 1.29 is 18.3 Å². The van der Waals surface area contributed by atoms with Crippen LogP contribution in [0, 0.1) is 0 Å². The second-order valence-electron chi connectivity index (χ2n) is 6.57. The Bertz CT molecular complexity index is 793. The molecule has 0 bridgehead atoms. The summed E-state index contributed by atoms with van der Waals surface area (Å²) in [6.45, 7) is 5.31. The van der Waals surface area contributed by atoms with Gasteiger partial charge in [-0.1, -0.05) is 30.3 Å². The third-order valence-electron chi connectivity index (χ3n) is 3.38. The number of benzene rings is 2. The lowest BCUT2D eigenvalue weighted by molar-refractivity contribution is 0.217. The van der Waals surface area contributed by atoms with Crippen molar-refractivity contribution in [3.05, 3.63) is 59.7 Å². The van der Waals surface area contributed by atoms with Gasteiger partial charge in [0.05, 0.1) is 12.0 Å². The molecule has 0 saturated carbocycles. The zero-order chi connectivity index (χ0) is 18.0. The summed E-state index contributed by atoms with van der Waals surface area (Å²) in [6.07, 6.45) is -1.05. The van der Waals surface area contributed by atoms with Crippen molar-refractivity contribution >= 4 is 10.0 Å². The molecule has 5 nitrogen and oxygen atoms in total. The minimum atomic E-state index is -3.75. The molecule has 0 radical (unpaired) electrons. The maximum atomic E-state index is 12.7. The Morgan fingerprint density at radius 1 is 1.04 bits per heavy atom. The van der Waals surface area contributed by atoms with E-state index in [0.29, 0.717) is 16.9 Å². The summed E-state index contributed by atoms with van der Waals surface area (Å²) in [5, 5.41) is 10.7. The lowest BCUT2D eigenvalue weighted by atomic mass is 10.0. The Labute approximate surface area is 143 Å². The van der Waals surface area contributed by atoms with Crippen molar-refractivity contribution in [2.75, 3.05) is 7.11 Å². The molecule has 0 aliphatic rings. The molecule has 0 aromatic heterocycles. The summed E-state index contributed by atoms with van der Waals surface area (Å²) in [6, 6.07) is 13.3. The van der Waals surface area contributed by atoms with Crippen LogP contribution in [0.1, 0.15) is 38.0 Å². The number of hydrogen-bond donors (Lipinski definition) is 2. The monoisotopic (exact) mass is 349 g/mol. The van der Waals surface area contributed by atoms with E-state index in [2.05, 4.69) is 4.72 Å². The largest absolute Gasteiger partial charge is 0.497 e. The van der Waals surface area contributed by atoms with Gasteiger partial charge in [0.25, 0.3) is 0 Å².